The Bertz CT molecular complexity index is 1550. The molecular weight excluding hydrogens is 497 g/mol. The van der Waals surface area contributed by atoms with Crippen LogP contribution < -0.4 is 25.4 Å². The first-order valence-electron chi connectivity index (χ1n) is 12.1. The van der Waals surface area contributed by atoms with E-state index in [1.165, 1.54) is 0 Å². The number of imidazole rings is 1. The Morgan fingerprint density at radius 3 is 2.26 bits per heavy atom. The van der Waals surface area contributed by atoms with Gasteiger partial charge < -0.3 is 19.9 Å². The molecule has 3 heterocycles. The predicted molar refractivity (Wildman–Crippen MR) is 153 cm³/mol. The van der Waals surface area contributed by atoms with E-state index >= 15 is 0 Å². The van der Waals surface area contributed by atoms with Crippen LogP contribution in [0, 0.1) is 0 Å². The second-order valence-corrected chi connectivity index (χ2v) is 11.3. The van der Waals surface area contributed by atoms with Crippen molar-refractivity contribution in [1.82, 2.24) is 19.5 Å². The van der Waals surface area contributed by atoms with Crippen LogP contribution in [0.4, 0.5) is 5.95 Å². The van der Waals surface area contributed by atoms with Gasteiger partial charge in [0.15, 0.2) is 17.1 Å². The van der Waals surface area contributed by atoms with Gasteiger partial charge in [-0.15, -0.1) is 0 Å². The van der Waals surface area contributed by atoms with Crippen molar-refractivity contribution in [2.45, 2.75) is 13.2 Å². The van der Waals surface area contributed by atoms with E-state index in [2.05, 4.69) is 35.4 Å². The number of aromatic nitrogens is 4. The molecule has 38 heavy (non-hydrogen) atoms. The first kappa shape index (κ1) is 25.5. The van der Waals surface area contributed by atoms with Crippen molar-refractivity contribution in [2.75, 3.05) is 33.3 Å². The summed E-state index contributed by atoms with van der Waals surface area (Å²) in [6, 6.07) is 19.8. The maximum atomic E-state index is 6.31. The fraction of sp³-hybridized carbons (Fsp3) is 0.207. The minimum Gasteiger partial charge on any atom is -0.497 e. The number of hydrogen-bond donors (Lipinski definition) is 1. The third-order valence-corrected chi connectivity index (χ3v) is 7.46. The molecule has 0 radical (unpaired) electrons. The lowest BCUT2D eigenvalue weighted by molar-refractivity contribution is 0.284. The summed E-state index contributed by atoms with van der Waals surface area (Å²) in [4.78, 5) is 13.9. The molecule has 194 valence electrons. The molecule has 2 N–H and O–H groups in total. The van der Waals surface area contributed by atoms with Gasteiger partial charge in [0.2, 0.25) is 5.95 Å². The second-order valence-electron chi connectivity index (χ2n) is 9.04. The molecule has 0 amide bonds. The molecule has 0 aliphatic carbocycles. The first-order chi connectivity index (χ1) is 18.4. The number of anilines is 1. The van der Waals surface area contributed by atoms with Crippen LogP contribution in [0.3, 0.4) is 0 Å². The molecule has 5 rings (SSSR count). The van der Waals surface area contributed by atoms with Crippen molar-refractivity contribution in [2.24, 2.45) is 0 Å². The third-order valence-electron chi connectivity index (χ3n) is 6.28. The first-order valence-corrected chi connectivity index (χ1v) is 14.4. The van der Waals surface area contributed by atoms with Gasteiger partial charge in [0.05, 0.1) is 26.2 Å². The van der Waals surface area contributed by atoms with Crippen LogP contribution in [0.15, 0.2) is 73.1 Å². The van der Waals surface area contributed by atoms with E-state index in [-0.39, 0.29) is 7.92 Å². The molecular formula is C29H30N5O3P. The molecule has 0 spiro atoms. The molecule has 0 aliphatic heterocycles. The molecule has 0 aliphatic rings. The lowest BCUT2D eigenvalue weighted by Gasteiger charge is -2.13. The number of ether oxygens (including phenoxy) is 3. The Hall–Kier alpha value is -4.16. The number of pyridine rings is 2. The summed E-state index contributed by atoms with van der Waals surface area (Å²) in [5.74, 6) is 2.52. The third kappa shape index (κ3) is 5.41. The fourth-order valence-corrected chi connectivity index (χ4v) is 4.82. The van der Waals surface area contributed by atoms with Gasteiger partial charge in [0, 0.05) is 23.5 Å². The van der Waals surface area contributed by atoms with E-state index < -0.39 is 0 Å². The van der Waals surface area contributed by atoms with Gasteiger partial charge in [0.25, 0.3) is 0 Å². The SMILES string of the molecule is COc1ccc(COc2ccc(Cn3c(N)nc4cc(-c5ccc(P(C)C)nc5)cnc43)cc2OC)cc1. The number of methoxy groups -OCH3 is 2. The van der Waals surface area contributed by atoms with Crippen molar-refractivity contribution in [3.63, 3.8) is 0 Å². The standard InChI is InChI=1S/C29H30N5O3P/c1-35-23-9-5-19(6-10-23)18-37-25-11-7-20(13-26(25)36-2)17-34-28-24(33-29(34)30)14-22(16-32-28)21-8-12-27(31-15-21)38(3)4/h5-16H,17-18H2,1-4H3,(H2,30,33). The topological polar surface area (TPSA) is 97.3 Å². The molecule has 8 nitrogen and oxygen atoms in total. The lowest BCUT2D eigenvalue weighted by atomic mass is 10.1. The average molecular weight is 528 g/mol. The maximum Gasteiger partial charge on any atom is 0.202 e. The van der Waals surface area contributed by atoms with E-state index in [9.17, 15) is 0 Å². The van der Waals surface area contributed by atoms with Gasteiger partial charge in [-0.25, -0.2) is 9.97 Å². The number of fused-ring (bicyclic) bond motifs is 1. The second kappa shape index (κ2) is 11.1. The van der Waals surface area contributed by atoms with Crippen molar-refractivity contribution in [3.05, 3.63) is 84.2 Å². The summed E-state index contributed by atoms with van der Waals surface area (Å²) in [5.41, 5.74) is 12.9. The average Bonchev–Trinajstić information content (AvgIpc) is 3.26. The van der Waals surface area contributed by atoms with E-state index in [4.69, 9.17) is 24.9 Å². The molecule has 5 aromatic rings. The predicted octanol–water partition coefficient (Wildman–Crippen LogP) is 5.09. The number of nitrogens with two attached hydrogens (primary N) is 1. The normalized spacial score (nSPS) is 11.2. The Labute approximate surface area is 223 Å². The highest BCUT2D eigenvalue weighted by Gasteiger charge is 2.14. The summed E-state index contributed by atoms with van der Waals surface area (Å²) in [6.07, 6.45) is 3.74. The maximum absolute atomic E-state index is 6.31. The largest absolute Gasteiger partial charge is 0.497 e. The van der Waals surface area contributed by atoms with Gasteiger partial charge in [-0.05, 0) is 60.9 Å². The summed E-state index contributed by atoms with van der Waals surface area (Å²) in [6.45, 7) is 5.30. The van der Waals surface area contributed by atoms with Crippen LogP contribution in [-0.2, 0) is 13.2 Å². The molecule has 2 aromatic carbocycles. The van der Waals surface area contributed by atoms with E-state index in [0.29, 0.717) is 30.6 Å². The van der Waals surface area contributed by atoms with Crippen LogP contribution in [-0.4, -0.2) is 47.1 Å². The molecule has 0 bridgehead atoms. The zero-order valence-corrected chi connectivity index (χ0v) is 22.8. The van der Waals surface area contributed by atoms with Crippen LogP contribution in [0.5, 0.6) is 17.2 Å². The molecule has 0 saturated carbocycles. The van der Waals surface area contributed by atoms with Gasteiger partial charge in [-0.2, -0.15) is 0 Å². The highest BCUT2D eigenvalue weighted by molar-refractivity contribution is 7.63. The van der Waals surface area contributed by atoms with Gasteiger partial charge in [-0.1, -0.05) is 32.2 Å². The Kier molecular flexibility index (Phi) is 7.43. The Morgan fingerprint density at radius 2 is 1.58 bits per heavy atom. The number of benzene rings is 2. The minimum absolute atomic E-state index is 0.231. The fourth-order valence-electron chi connectivity index (χ4n) is 4.16. The highest BCUT2D eigenvalue weighted by atomic mass is 31.1. The van der Waals surface area contributed by atoms with Gasteiger partial charge >= 0.3 is 0 Å². The molecule has 0 fully saturated rings. The van der Waals surface area contributed by atoms with Gasteiger partial charge in [-0.3, -0.25) is 9.55 Å². The number of hydrogen-bond acceptors (Lipinski definition) is 7. The van der Waals surface area contributed by atoms with Crippen LogP contribution in [0.1, 0.15) is 11.1 Å². The Morgan fingerprint density at radius 1 is 0.816 bits per heavy atom. The quantitative estimate of drug-likeness (QED) is 0.267. The summed E-state index contributed by atoms with van der Waals surface area (Å²) in [7, 11) is 3.05. The van der Waals surface area contributed by atoms with E-state index in [1.807, 2.05) is 65.5 Å². The van der Waals surface area contributed by atoms with Crippen molar-refractivity contribution >= 4 is 30.5 Å². The Balaban J connectivity index is 1.34. The number of nitrogen functional groups attached to an aromatic ring is 1. The van der Waals surface area contributed by atoms with Crippen LogP contribution >= 0.6 is 7.92 Å². The van der Waals surface area contributed by atoms with Crippen molar-refractivity contribution < 1.29 is 14.2 Å². The number of nitrogens with zero attached hydrogens (tertiary/aromatic N) is 4. The molecule has 0 atom stereocenters. The van der Waals surface area contributed by atoms with Crippen molar-refractivity contribution in [1.29, 1.82) is 0 Å². The van der Waals surface area contributed by atoms with Gasteiger partial charge in [0.1, 0.15) is 17.9 Å². The molecule has 0 unspecified atom stereocenters. The number of rotatable bonds is 9. The summed E-state index contributed by atoms with van der Waals surface area (Å²) in [5, 5.41) is 0. The van der Waals surface area contributed by atoms with E-state index in [0.717, 1.165) is 44.6 Å². The van der Waals surface area contributed by atoms with E-state index in [1.54, 1.807) is 14.2 Å². The molecule has 0 saturated heterocycles. The van der Waals surface area contributed by atoms with Crippen molar-refractivity contribution in [3.8, 4) is 28.4 Å². The zero-order chi connectivity index (χ0) is 26.6. The minimum atomic E-state index is -0.231. The summed E-state index contributed by atoms with van der Waals surface area (Å²) < 4.78 is 18.7. The summed E-state index contributed by atoms with van der Waals surface area (Å²) >= 11 is 0. The molecule has 9 heteroatoms. The zero-order valence-electron chi connectivity index (χ0n) is 21.9. The van der Waals surface area contributed by atoms with Crippen LogP contribution in [0.25, 0.3) is 22.3 Å². The highest BCUT2D eigenvalue weighted by Crippen LogP contribution is 2.31. The lowest BCUT2D eigenvalue weighted by Crippen LogP contribution is -2.06. The smallest absolute Gasteiger partial charge is 0.202 e. The van der Waals surface area contributed by atoms with Crippen LogP contribution in [0.2, 0.25) is 0 Å². The monoisotopic (exact) mass is 527 g/mol. The molecule has 3 aromatic heterocycles.